The summed E-state index contributed by atoms with van der Waals surface area (Å²) in [5.74, 6) is 0. The summed E-state index contributed by atoms with van der Waals surface area (Å²) in [5.41, 5.74) is 2.28. The first-order valence-electron chi connectivity index (χ1n) is 8.36. The molecule has 0 aliphatic carbocycles. The fraction of sp³-hybridized carbons (Fsp3) is 0.400. The van der Waals surface area contributed by atoms with Crippen LogP contribution in [0, 0.1) is 0 Å². The van der Waals surface area contributed by atoms with Crippen molar-refractivity contribution in [1.29, 1.82) is 0 Å². The van der Waals surface area contributed by atoms with Crippen molar-refractivity contribution < 1.29 is 5.11 Å². The van der Waals surface area contributed by atoms with Gasteiger partial charge in [0.05, 0.1) is 5.60 Å². The normalized spacial score (nSPS) is 18.0. The Kier molecular flexibility index (Phi) is 5.05. The standard InChI is InChI=1S/C20H24ClNO/c1-20(23,12-15-22-13-4-5-14-22)17-10-8-16(9-11-17)18-6-2-3-7-19(18)21/h2-3,6-11,23H,4-5,12-15H2,1H3. The lowest BCUT2D eigenvalue weighted by molar-refractivity contribution is 0.0383. The zero-order valence-corrected chi connectivity index (χ0v) is 14.4. The molecule has 2 nitrogen and oxygen atoms in total. The van der Waals surface area contributed by atoms with Crippen molar-refractivity contribution in [3.63, 3.8) is 0 Å². The molecule has 1 fully saturated rings. The van der Waals surface area contributed by atoms with Gasteiger partial charge in [0, 0.05) is 17.1 Å². The Morgan fingerprint density at radius 2 is 1.70 bits per heavy atom. The molecule has 0 bridgehead atoms. The summed E-state index contributed by atoms with van der Waals surface area (Å²) >= 11 is 6.26. The smallest absolute Gasteiger partial charge is 0.0880 e. The van der Waals surface area contributed by atoms with Crippen LogP contribution in [0.25, 0.3) is 11.1 Å². The van der Waals surface area contributed by atoms with Crippen molar-refractivity contribution in [2.24, 2.45) is 0 Å². The van der Waals surface area contributed by atoms with E-state index in [1.807, 2.05) is 55.5 Å². The number of nitrogens with zero attached hydrogens (tertiary/aromatic N) is 1. The summed E-state index contributed by atoms with van der Waals surface area (Å²) < 4.78 is 0. The second kappa shape index (κ2) is 7.04. The zero-order chi connectivity index (χ0) is 16.3. The highest BCUT2D eigenvalue weighted by Crippen LogP contribution is 2.31. The Morgan fingerprint density at radius 3 is 2.35 bits per heavy atom. The van der Waals surface area contributed by atoms with Gasteiger partial charge in [0.2, 0.25) is 0 Å². The van der Waals surface area contributed by atoms with Crippen LogP contribution < -0.4 is 0 Å². The molecular formula is C20H24ClNO. The van der Waals surface area contributed by atoms with Crippen LogP contribution in [0.15, 0.2) is 48.5 Å². The van der Waals surface area contributed by atoms with Gasteiger partial charge >= 0.3 is 0 Å². The van der Waals surface area contributed by atoms with Crippen molar-refractivity contribution in [2.75, 3.05) is 19.6 Å². The molecule has 3 heteroatoms. The summed E-state index contributed by atoms with van der Waals surface area (Å²) in [6.45, 7) is 5.20. The second-order valence-electron chi connectivity index (χ2n) is 6.63. The Labute approximate surface area is 143 Å². The van der Waals surface area contributed by atoms with E-state index in [-0.39, 0.29) is 0 Å². The predicted molar refractivity (Wildman–Crippen MR) is 96.7 cm³/mol. The van der Waals surface area contributed by atoms with Gasteiger partial charge in [0.1, 0.15) is 0 Å². The highest BCUT2D eigenvalue weighted by molar-refractivity contribution is 6.33. The van der Waals surface area contributed by atoms with E-state index in [0.717, 1.165) is 34.7 Å². The number of likely N-dealkylation sites (tertiary alicyclic amines) is 1. The van der Waals surface area contributed by atoms with E-state index in [1.165, 1.54) is 25.9 Å². The molecule has 1 saturated heterocycles. The number of rotatable bonds is 5. The highest BCUT2D eigenvalue weighted by Gasteiger charge is 2.24. The number of hydrogen-bond donors (Lipinski definition) is 1. The maximum absolute atomic E-state index is 10.8. The van der Waals surface area contributed by atoms with Crippen LogP contribution in [-0.2, 0) is 5.60 Å². The fourth-order valence-corrected chi connectivity index (χ4v) is 3.48. The molecule has 23 heavy (non-hydrogen) atoms. The Hall–Kier alpha value is -1.35. The van der Waals surface area contributed by atoms with Crippen LogP contribution in [-0.4, -0.2) is 29.6 Å². The van der Waals surface area contributed by atoms with Crippen LogP contribution in [0.5, 0.6) is 0 Å². The Balaban J connectivity index is 1.71. The lowest BCUT2D eigenvalue weighted by atomic mass is 9.91. The van der Waals surface area contributed by atoms with Crippen molar-refractivity contribution in [3.05, 3.63) is 59.1 Å². The maximum Gasteiger partial charge on any atom is 0.0880 e. The number of benzene rings is 2. The van der Waals surface area contributed by atoms with Gasteiger partial charge in [-0.15, -0.1) is 0 Å². The topological polar surface area (TPSA) is 23.5 Å². The lowest BCUT2D eigenvalue weighted by Gasteiger charge is -2.27. The average Bonchev–Trinajstić information content (AvgIpc) is 3.07. The van der Waals surface area contributed by atoms with Gasteiger partial charge in [0.15, 0.2) is 0 Å². The molecule has 0 aromatic heterocycles. The summed E-state index contributed by atoms with van der Waals surface area (Å²) in [4.78, 5) is 2.44. The third-order valence-electron chi connectivity index (χ3n) is 4.81. The van der Waals surface area contributed by atoms with Gasteiger partial charge in [0.25, 0.3) is 0 Å². The van der Waals surface area contributed by atoms with E-state index in [1.54, 1.807) is 0 Å². The molecule has 1 aliphatic rings. The van der Waals surface area contributed by atoms with Crippen molar-refractivity contribution in [3.8, 4) is 11.1 Å². The van der Waals surface area contributed by atoms with Crippen LogP contribution in [0.2, 0.25) is 5.02 Å². The molecule has 0 radical (unpaired) electrons. The van der Waals surface area contributed by atoms with E-state index >= 15 is 0 Å². The van der Waals surface area contributed by atoms with E-state index < -0.39 is 5.60 Å². The third kappa shape index (κ3) is 3.95. The highest BCUT2D eigenvalue weighted by atomic mass is 35.5. The van der Waals surface area contributed by atoms with E-state index in [2.05, 4.69) is 4.90 Å². The van der Waals surface area contributed by atoms with E-state index in [0.29, 0.717) is 0 Å². The zero-order valence-electron chi connectivity index (χ0n) is 13.6. The molecule has 122 valence electrons. The minimum Gasteiger partial charge on any atom is -0.385 e. The predicted octanol–water partition coefficient (Wildman–Crippen LogP) is 4.70. The van der Waals surface area contributed by atoms with E-state index in [9.17, 15) is 5.11 Å². The average molecular weight is 330 g/mol. The number of halogens is 1. The van der Waals surface area contributed by atoms with Gasteiger partial charge in [-0.05, 0) is 56.5 Å². The van der Waals surface area contributed by atoms with Gasteiger partial charge in [-0.25, -0.2) is 0 Å². The maximum atomic E-state index is 10.8. The summed E-state index contributed by atoms with van der Waals surface area (Å²) in [6.07, 6.45) is 3.34. The van der Waals surface area contributed by atoms with E-state index in [4.69, 9.17) is 11.6 Å². The minimum atomic E-state index is -0.790. The molecule has 2 aromatic rings. The van der Waals surface area contributed by atoms with Gasteiger partial charge in [-0.1, -0.05) is 54.1 Å². The second-order valence-corrected chi connectivity index (χ2v) is 7.04. The van der Waals surface area contributed by atoms with Crippen LogP contribution in [0.1, 0.15) is 31.7 Å². The first-order valence-corrected chi connectivity index (χ1v) is 8.74. The fourth-order valence-electron chi connectivity index (χ4n) is 3.23. The Bertz CT molecular complexity index is 645. The molecule has 1 aliphatic heterocycles. The molecule has 1 atom stereocenters. The first-order chi connectivity index (χ1) is 11.1. The molecule has 3 rings (SSSR count). The van der Waals surface area contributed by atoms with Crippen molar-refractivity contribution in [2.45, 2.75) is 31.8 Å². The molecule has 1 unspecified atom stereocenters. The van der Waals surface area contributed by atoms with Gasteiger partial charge < -0.3 is 10.0 Å². The van der Waals surface area contributed by atoms with Crippen molar-refractivity contribution in [1.82, 2.24) is 4.90 Å². The largest absolute Gasteiger partial charge is 0.385 e. The molecule has 0 amide bonds. The SMILES string of the molecule is CC(O)(CCN1CCCC1)c1ccc(-c2ccccc2Cl)cc1. The molecule has 1 N–H and O–H groups in total. The lowest BCUT2D eigenvalue weighted by Crippen LogP contribution is -2.29. The quantitative estimate of drug-likeness (QED) is 0.859. The van der Waals surface area contributed by atoms with Crippen LogP contribution in [0.4, 0.5) is 0 Å². The minimum absolute atomic E-state index is 0.751. The molecular weight excluding hydrogens is 306 g/mol. The first kappa shape index (κ1) is 16.5. The summed E-state index contributed by atoms with van der Waals surface area (Å²) in [5, 5.41) is 11.6. The van der Waals surface area contributed by atoms with Crippen LogP contribution >= 0.6 is 11.6 Å². The number of aliphatic hydroxyl groups is 1. The van der Waals surface area contributed by atoms with Gasteiger partial charge in [-0.3, -0.25) is 0 Å². The molecule has 0 spiro atoms. The summed E-state index contributed by atoms with van der Waals surface area (Å²) in [7, 11) is 0. The molecule has 1 heterocycles. The Morgan fingerprint density at radius 1 is 1.04 bits per heavy atom. The number of hydrogen-bond acceptors (Lipinski definition) is 2. The van der Waals surface area contributed by atoms with Gasteiger partial charge in [-0.2, -0.15) is 0 Å². The monoisotopic (exact) mass is 329 g/mol. The van der Waals surface area contributed by atoms with Crippen LogP contribution in [0.3, 0.4) is 0 Å². The molecule has 0 saturated carbocycles. The summed E-state index contributed by atoms with van der Waals surface area (Å²) in [6, 6.07) is 16.0. The third-order valence-corrected chi connectivity index (χ3v) is 5.13. The molecule has 2 aromatic carbocycles. The van der Waals surface area contributed by atoms with Crippen molar-refractivity contribution >= 4 is 11.6 Å².